The molecule has 20 heavy (non-hydrogen) atoms. The summed E-state index contributed by atoms with van der Waals surface area (Å²) in [6.45, 7) is 0. The monoisotopic (exact) mass is 273 g/mol. The van der Waals surface area contributed by atoms with Gasteiger partial charge in [-0.2, -0.15) is 4.98 Å². The minimum absolute atomic E-state index is 0.135. The lowest BCUT2D eigenvalue weighted by Gasteiger charge is -2.37. The summed E-state index contributed by atoms with van der Waals surface area (Å²) in [5.74, 6) is 1.22. The van der Waals surface area contributed by atoms with Gasteiger partial charge < -0.3 is 15.0 Å². The van der Waals surface area contributed by atoms with Gasteiger partial charge in [0.15, 0.2) is 0 Å². The van der Waals surface area contributed by atoms with Crippen LogP contribution in [0.5, 0.6) is 0 Å². The van der Waals surface area contributed by atoms with Crippen molar-refractivity contribution in [2.45, 2.75) is 37.3 Å². The van der Waals surface area contributed by atoms with E-state index in [0.29, 0.717) is 18.1 Å². The van der Waals surface area contributed by atoms with E-state index in [1.165, 1.54) is 0 Å². The topological polar surface area (TPSA) is 74.2 Å². The Morgan fingerprint density at radius 2 is 2.10 bits per heavy atom. The molecule has 0 spiro atoms. The van der Waals surface area contributed by atoms with Gasteiger partial charge in [0.25, 0.3) is 0 Å². The van der Waals surface area contributed by atoms with Crippen molar-refractivity contribution >= 4 is 0 Å². The average molecular weight is 273 g/mol. The summed E-state index contributed by atoms with van der Waals surface area (Å²) < 4.78 is 10.9. The molecule has 2 N–H and O–H groups in total. The fourth-order valence-electron chi connectivity index (χ4n) is 2.55. The Morgan fingerprint density at radius 3 is 2.70 bits per heavy atom. The fourth-order valence-corrected chi connectivity index (χ4v) is 2.55. The lowest BCUT2D eigenvalue weighted by atomic mass is 9.79. The number of hydrogen-bond donors (Lipinski definition) is 1. The van der Waals surface area contributed by atoms with Crippen LogP contribution in [0.3, 0.4) is 0 Å². The second-order valence-electron chi connectivity index (χ2n) is 5.28. The van der Waals surface area contributed by atoms with E-state index < -0.39 is 0 Å². The van der Waals surface area contributed by atoms with E-state index in [1.807, 2.05) is 30.3 Å². The first-order chi connectivity index (χ1) is 9.73. The number of rotatable bonds is 5. The number of aromatic nitrogens is 2. The minimum Gasteiger partial charge on any atom is -0.370 e. The maximum atomic E-state index is 6.17. The third kappa shape index (κ3) is 2.34. The zero-order valence-corrected chi connectivity index (χ0v) is 11.6. The number of benzene rings is 1. The van der Waals surface area contributed by atoms with Crippen molar-refractivity contribution in [1.82, 2.24) is 10.1 Å². The highest BCUT2D eigenvalue weighted by molar-refractivity contribution is 5.19. The van der Waals surface area contributed by atoms with E-state index in [2.05, 4.69) is 10.1 Å². The molecule has 5 heteroatoms. The standard InChI is InChI=1S/C15H19N3O2/c1-19-15(8-5-9-15)14-17-13(20-18-14)10-12(16)11-6-3-2-4-7-11/h2-4,6-7,12H,5,8-10,16H2,1H3. The molecule has 0 bridgehead atoms. The molecular weight excluding hydrogens is 254 g/mol. The van der Waals surface area contributed by atoms with Crippen molar-refractivity contribution in [3.63, 3.8) is 0 Å². The maximum Gasteiger partial charge on any atom is 0.228 e. The van der Waals surface area contributed by atoms with Crippen LogP contribution in [0.15, 0.2) is 34.9 Å². The van der Waals surface area contributed by atoms with Crippen LogP contribution in [0.4, 0.5) is 0 Å². The smallest absolute Gasteiger partial charge is 0.228 e. The van der Waals surface area contributed by atoms with Crippen LogP contribution < -0.4 is 5.73 Å². The quantitative estimate of drug-likeness (QED) is 0.905. The summed E-state index contributed by atoms with van der Waals surface area (Å²) >= 11 is 0. The first kappa shape index (κ1) is 13.3. The summed E-state index contributed by atoms with van der Waals surface area (Å²) in [4.78, 5) is 4.46. The summed E-state index contributed by atoms with van der Waals surface area (Å²) in [7, 11) is 1.70. The van der Waals surface area contributed by atoms with Gasteiger partial charge in [-0.15, -0.1) is 0 Å². The molecule has 5 nitrogen and oxygen atoms in total. The third-order valence-electron chi connectivity index (χ3n) is 4.05. The molecule has 3 rings (SSSR count). The predicted molar refractivity (Wildman–Crippen MR) is 73.9 cm³/mol. The number of ether oxygens (including phenoxy) is 1. The fraction of sp³-hybridized carbons (Fsp3) is 0.467. The molecule has 0 saturated heterocycles. The normalized spacial score (nSPS) is 18.5. The number of hydrogen-bond acceptors (Lipinski definition) is 5. The molecule has 0 amide bonds. The van der Waals surface area contributed by atoms with Gasteiger partial charge in [-0.05, 0) is 24.8 Å². The lowest BCUT2D eigenvalue weighted by Crippen LogP contribution is -2.37. The molecule has 1 aliphatic carbocycles. The second-order valence-corrected chi connectivity index (χ2v) is 5.28. The zero-order valence-electron chi connectivity index (χ0n) is 11.6. The van der Waals surface area contributed by atoms with E-state index >= 15 is 0 Å². The van der Waals surface area contributed by atoms with Crippen LogP contribution in [0.1, 0.15) is 42.6 Å². The van der Waals surface area contributed by atoms with Gasteiger partial charge in [-0.25, -0.2) is 0 Å². The van der Waals surface area contributed by atoms with Gasteiger partial charge in [0.2, 0.25) is 11.7 Å². The van der Waals surface area contributed by atoms with Crippen LogP contribution in [-0.2, 0) is 16.8 Å². The molecule has 1 saturated carbocycles. The molecule has 1 aliphatic rings. The molecular formula is C15H19N3O2. The number of nitrogens with two attached hydrogens (primary N) is 1. The van der Waals surface area contributed by atoms with Crippen LogP contribution in [-0.4, -0.2) is 17.3 Å². The van der Waals surface area contributed by atoms with Gasteiger partial charge >= 0.3 is 0 Å². The number of nitrogens with zero attached hydrogens (tertiary/aromatic N) is 2. The Labute approximate surface area is 118 Å². The van der Waals surface area contributed by atoms with E-state index in [0.717, 1.165) is 24.8 Å². The van der Waals surface area contributed by atoms with Gasteiger partial charge in [-0.1, -0.05) is 35.5 Å². The molecule has 1 unspecified atom stereocenters. The van der Waals surface area contributed by atoms with Crippen molar-refractivity contribution in [1.29, 1.82) is 0 Å². The van der Waals surface area contributed by atoms with Gasteiger partial charge in [0, 0.05) is 19.6 Å². The van der Waals surface area contributed by atoms with Crippen molar-refractivity contribution in [3.05, 3.63) is 47.6 Å². The molecule has 1 aromatic carbocycles. The first-order valence-corrected chi connectivity index (χ1v) is 6.92. The number of methoxy groups -OCH3 is 1. The summed E-state index contributed by atoms with van der Waals surface area (Å²) in [6, 6.07) is 9.80. The molecule has 2 aromatic rings. The predicted octanol–water partition coefficient (Wildman–Crippen LogP) is 2.34. The maximum absolute atomic E-state index is 6.17. The molecule has 0 radical (unpaired) electrons. The largest absolute Gasteiger partial charge is 0.370 e. The van der Waals surface area contributed by atoms with Crippen LogP contribution in [0.25, 0.3) is 0 Å². The molecule has 1 heterocycles. The Kier molecular flexibility index (Phi) is 3.54. The highest BCUT2D eigenvalue weighted by Crippen LogP contribution is 2.42. The SMILES string of the molecule is COC1(c2noc(CC(N)c3ccccc3)n2)CCC1. The summed E-state index contributed by atoms with van der Waals surface area (Å²) in [6.07, 6.45) is 3.58. The van der Waals surface area contributed by atoms with Crippen LogP contribution in [0.2, 0.25) is 0 Å². The highest BCUT2D eigenvalue weighted by atomic mass is 16.5. The van der Waals surface area contributed by atoms with Crippen LogP contribution in [0, 0.1) is 0 Å². The zero-order chi connectivity index (χ0) is 14.0. The van der Waals surface area contributed by atoms with Crippen molar-refractivity contribution in [2.75, 3.05) is 7.11 Å². The second kappa shape index (κ2) is 5.34. The van der Waals surface area contributed by atoms with E-state index in [1.54, 1.807) is 7.11 Å². The Balaban J connectivity index is 1.71. The first-order valence-electron chi connectivity index (χ1n) is 6.92. The molecule has 106 valence electrons. The highest BCUT2D eigenvalue weighted by Gasteiger charge is 2.43. The van der Waals surface area contributed by atoms with Crippen LogP contribution >= 0.6 is 0 Å². The minimum atomic E-state index is -0.335. The van der Waals surface area contributed by atoms with Crippen molar-refractivity contribution < 1.29 is 9.26 Å². The van der Waals surface area contributed by atoms with Crippen molar-refractivity contribution in [2.24, 2.45) is 5.73 Å². The Hall–Kier alpha value is -1.72. The van der Waals surface area contributed by atoms with E-state index in [-0.39, 0.29) is 11.6 Å². The van der Waals surface area contributed by atoms with E-state index in [4.69, 9.17) is 15.0 Å². The molecule has 0 aliphatic heterocycles. The van der Waals surface area contributed by atoms with Gasteiger partial charge in [0.1, 0.15) is 5.60 Å². The average Bonchev–Trinajstić information content (AvgIpc) is 2.88. The lowest BCUT2D eigenvalue weighted by molar-refractivity contribution is -0.0858. The van der Waals surface area contributed by atoms with Gasteiger partial charge in [0.05, 0.1) is 0 Å². The third-order valence-corrected chi connectivity index (χ3v) is 4.05. The molecule has 1 atom stereocenters. The van der Waals surface area contributed by atoms with Gasteiger partial charge in [-0.3, -0.25) is 0 Å². The Morgan fingerprint density at radius 1 is 1.35 bits per heavy atom. The molecule has 1 aromatic heterocycles. The Bertz CT molecular complexity index is 558. The van der Waals surface area contributed by atoms with Crippen molar-refractivity contribution in [3.8, 4) is 0 Å². The van der Waals surface area contributed by atoms with E-state index in [9.17, 15) is 0 Å². The summed E-state index contributed by atoms with van der Waals surface area (Å²) in [5.41, 5.74) is 6.90. The molecule has 1 fully saturated rings. The summed E-state index contributed by atoms with van der Waals surface area (Å²) in [5, 5.41) is 4.06.